The Bertz CT molecular complexity index is 497. The van der Waals surface area contributed by atoms with E-state index in [1.807, 2.05) is 7.05 Å². The van der Waals surface area contributed by atoms with Crippen LogP contribution in [-0.2, 0) is 4.74 Å². The summed E-state index contributed by atoms with van der Waals surface area (Å²) in [5.41, 5.74) is 0.257. The maximum absolute atomic E-state index is 5.69. The van der Waals surface area contributed by atoms with E-state index in [-0.39, 0.29) is 5.54 Å². The summed E-state index contributed by atoms with van der Waals surface area (Å²) in [6.45, 7) is 5.29. The molecule has 2 heterocycles. The topological polar surface area (TPSA) is 48.9 Å². The zero-order valence-electron chi connectivity index (χ0n) is 17.3. The molecule has 5 nitrogen and oxygen atoms in total. The van der Waals surface area contributed by atoms with Gasteiger partial charge in [0.15, 0.2) is 5.96 Å². The molecule has 0 amide bonds. The van der Waals surface area contributed by atoms with E-state index in [2.05, 4.69) is 20.5 Å². The van der Waals surface area contributed by atoms with E-state index in [4.69, 9.17) is 4.74 Å². The van der Waals surface area contributed by atoms with Crippen molar-refractivity contribution in [3.8, 4) is 0 Å². The van der Waals surface area contributed by atoms with E-state index >= 15 is 0 Å². The van der Waals surface area contributed by atoms with Crippen LogP contribution in [0.3, 0.4) is 0 Å². The van der Waals surface area contributed by atoms with Crippen molar-refractivity contribution < 1.29 is 4.74 Å². The number of rotatable bonds is 4. The number of aliphatic imine (C=N–C) groups is 1. The predicted molar refractivity (Wildman–Crippen MR) is 111 cm³/mol. The lowest BCUT2D eigenvalue weighted by atomic mass is 9.69. The Hall–Kier alpha value is -0.810. The Balaban J connectivity index is 1.31. The van der Waals surface area contributed by atoms with Crippen molar-refractivity contribution in [2.45, 2.75) is 82.2 Å². The molecule has 4 aliphatic rings. The van der Waals surface area contributed by atoms with Gasteiger partial charge in [0, 0.05) is 38.4 Å². The van der Waals surface area contributed by atoms with Crippen molar-refractivity contribution >= 4 is 5.96 Å². The normalized spacial score (nSPS) is 34.9. The molecule has 154 valence electrons. The summed E-state index contributed by atoms with van der Waals surface area (Å²) in [5, 5.41) is 7.49. The molecule has 2 aliphatic heterocycles. The minimum absolute atomic E-state index is 0.257. The SMILES string of the molecule is CN=C(NCC1(N2CCCC2)CCOCC1)NC1CCC2CCCCC2C1. The first kappa shape index (κ1) is 19.5. The molecule has 5 heteroatoms. The molecule has 0 aromatic heterocycles. The fourth-order valence-corrected chi connectivity index (χ4v) is 6.19. The molecule has 2 saturated heterocycles. The number of hydrogen-bond acceptors (Lipinski definition) is 3. The average Bonchev–Trinajstić information content (AvgIpc) is 3.27. The molecular weight excluding hydrogens is 336 g/mol. The van der Waals surface area contributed by atoms with Crippen LogP contribution in [0.1, 0.15) is 70.6 Å². The number of ether oxygens (including phenoxy) is 1. The van der Waals surface area contributed by atoms with Gasteiger partial charge in [0.25, 0.3) is 0 Å². The highest BCUT2D eigenvalue weighted by Gasteiger charge is 2.40. The molecule has 0 radical (unpaired) electrons. The van der Waals surface area contributed by atoms with E-state index in [0.717, 1.165) is 50.4 Å². The zero-order valence-corrected chi connectivity index (χ0v) is 17.3. The number of likely N-dealkylation sites (tertiary alicyclic amines) is 1. The Labute approximate surface area is 165 Å². The molecule has 4 fully saturated rings. The van der Waals surface area contributed by atoms with Crippen LogP contribution >= 0.6 is 0 Å². The third-order valence-corrected chi connectivity index (χ3v) is 7.89. The predicted octanol–water partition coefficient (Wildman–Crippen LogP) is 3.16. The quantitative estimate of drug-likeness (QED) is 0.584. The summed E-state index contributed by atoms with van der Waals surface area (Å²) < 4.78 is 5.69. The molecule has 2 N–H and O–H groups in total. The lowest BCUT2D eigenvalue weighted by molar-refractivity contribution is -0.0164. The smallest absolute Gasteiger partial charge is 0.191 e. The van der Waals surface area contributed by atoms with Crippen LogP contribution in [0.15, 0.2) is 4.99 Å². The Morgan fingerprint density at radius 3 is 2.48 bits per heavy atom. The lowest BCUT2D eigenvalue weighted by Gasteiger charge is -2.45. The summed E-state index contributed by atoms with van der Waals surface area (Å²) in [6, 6.07) is 0.605. The van der Waals surface area contributed by atoms with Gasteiger partial charge in [-0.3, -0.25) is 9.89 Å². The number of nitrogens with one attached hydrogen (secondary N) is 2. The molecule has 3 atom stereocenters. The van der Waals surface area contributed by atoms with Gasteiger partial charge in [-0.1, -0.05) is 25.7 Å². The second kappa shape index (κ2) is 9.13. The zero-order chi connectivity index (χ0) is 18.5. The van der Waals surface area contributed by atoms with Crippen LogP contribution < -0.4 is 10.6 Å². The molecular formula is C22H40N4O. The highest BCUT2D eigenvalue weighted by molar-refractivity contribution is 5.80. The van der Waals surface area contributed by atoms with E-state index in [1.54, 1.807) is 0 Å². The molecule has 3 unspecified atom stereocenters. The van der Waals surface area contributed by atoms with Crippen molar-refractivity contribution in [1.29, 1.82) is 0 Å². The molecule has 27 heavy (non-hydrogen) atoms. The van der Waals surface area contributed by atoms with Crippen molar-refractivity contribution in [3.05, 3.63) is 0 Å². The van der Waals surface area contributed by atoms with Gasteiger partial charge >= 0.3 is 0 Å². The van der Waals surface area contributed by atoms with Crippen LogP contribution in [0, 0.1) is 11.8 Å². The maximum Gasteiger partial charge on any atom is 0.191 e. The first-order chi connectivity index (χ1) is 13.3. The van der Waals surface area contributed by atoms with Crippen LogP contribution in [0.5, 0.6) is 0 Å². The fourth-order valence-electron chi connectivity index (χ4n) is 6.19. The van der Waals surface area contributed by atoms with E-state index in [9.17, 15) is 0 Å². The Morgan fingerprint density at radius 2 is 1.74 bits per heavy atom. The van der Waals surface area contributed by atoms with Crippen LogP contribution in [-0.4, -0.2) is 62.3 Å². The average molecular weight is 377 g/mol. The molecule has 0 aromatic rings. The van der Waals surface area contributed by atoms with Gasteiger partial charge in [-0.05, 0) is 69.9 Å². The van der Waals surface area contributed by atoms with Crippen molar-refractivity contribution in [2.24, 2.45) is 16.8 Å². The summed E-state index contributed by atoms with van der Waals surface area (Å²) in [7, 11) is 1.92. The number of hydrogen-bond donors (Lipinski definition) is 2. The molecule has 0 aromatic carbocycles. The molecule has 2 aliphatic carbocycles. The number of nitrogens with zero attached hydrogens (tertiary/aromatic N) is 2. The summed E-state index contributed by atoms with van der Waals surface area (Å²) in [6.07, 6.45) is 14.9. The molecule has 0 spiro atoms. The van der Waals surface area contributed by atoms with Crippen LogP contribution in [0.25, 0.3) is 0 Å². The second-order valence-electron chi connectivity index (χ2n) is 9.42. The third-order valence-electron chi connectivity index (χ3n) is 7.89. The maximum atomic E-state index is 5.69. The largest absolute Gasteiger partial charge is 0.381 e. The highest BCUT2D eigenvalue weighted by Crippen LogP contribution is 2.40. The summed E-state index contributed by atoms with van der Waals surface area (Å²) >= 11 is 0. The van der Waals surface area contributed by atoms with Crippen molar-refractivity contribution in [3.63, 3.8) is 0 Å². The minimum Gasteiger partial charge on any atom is -0.381 e. The first-order valence-electron chi connectivity index (χ1n) is 11.6. The summed E-state index contributed by atoms with van der Waals surface area (Å²) in [4.78, 5) is 7.30. The van der Waals surface area contributed by atoms with E-state index < -0.39 is 0 Å². The van der Waals surface area contributed by atoms with E-state index in [0.29, 0.717) is 6.04 Å². The van der Waals surface area contributed by atoms with Gasteiger partial charge in [-0.15, -0.1) is 0 Å². The second-order valence-corrected chi connectivity index (χ2v) is 9.42. The highest BCUT2D eigenvalue weighted by atomic mass is 16.5. The minimum atomic E-state index is 0.257. The fraction of sp³-hybridized carbons (Fsp3) is 0.955. The molecule has 0 bridgehead atoms. The first-order valence-corrected chi connectivity index (χ1v) is 11.6. The van der Waals surface area contributed by atoms with Gasteiger partial charge in [0.2, 0.25) is 0 Å². The van der Waals surface area contributed by atoms with Crippen LogP contribution in [0.4, 0.5) is 0 Å². The van der Waals surface area contributed by atoms with Crippen molar-refractivity contribution in [2.75, 3.05) is 39.9 Å². The molecule has 4 rings (SSSR count). The standard InChI is InChI=1S/C22H40N4O/c1-23-21(25-20-9-8-18-6-2-3-7-19(18)16-20)24-17-22(10-14-27-15-11-22)26-12-4-5-13-26/h18-20H,2-17H2,1H3,(H2,23,24,25). The Kier molecular flexibility index (Phi) is 6.59. The van der Waals surface area contributed by atoms with Crippen molar-refractivity contribution in [1.82, 2.24) is 15.5 Å². The third kappa shape index (κ3) is 4.61. The molecule has 2 saturated carbocycles. The summed E-state index contributed by atoms with van der Waals surface area (Å²) in [5.74, 6) is 2.97. The van der Waals surface area contributed by atoms with Gasteiger partial charge in [0.1, 0.15) is 0 Å². The number of guanidine groups is 1. The number of fused-ring (bicyclic) bond motifs is 1. The monoisotopic (exact) mass is 376 g/mol. The Morgan fingerprint density at radius 1 is 1.00 bits per heavy atom. The van der Waals surface area contributed by atoms with E-state index in [1.165, 1.54) is 70.9 Å². The lowest BCUT2D eigenvalue weighted by Crippen LogP contribution is -2.59. The van der Waals surface area contributed by atoms with Crippen LogP contribution in [0.2, 0.25) is 0 Å². The van der Waals surface area contributed by atoms with Gasteiger partial charge in [-0.2, -0.15) is 0 Å². The van der Waals surface area contributed by atoms with Gasteiger partial charge in [0.05, 0.1) is 0 Å². The van der Waals surface area contributed by atoms with Gasteiger partial charge < -0.3 is 15.4 Å². The van der Waals surface area contributed by atoms with Gasteiger partial charge in [-0.25, -0.2) is 0 Å².